The third kappa shape index (κ3) is 3.15. The Morgan fingerprint density at radius 1 is 1.26 bits per heavy atom. The number of halogens is 1. The Kier molecular flexibility index (Phi) is 4.33. The van der Waals surface area contributed by atoms with Crippen molar-refractivity contribution in [3.8, 4) is 0 Å². The summed E-state index contributed by atoms with van der Waals surface area (Å²) in [6.07, 6.45) is 1.55. The van der Waals surface area contributed by atoms with E-state index in [1.54, 1.807) is 15.9 Å². The monoisotopic (exact) mass is 372 g/mol. The van der Waals surface area contributed by atoms with Gasteiger partial charge in [-0.3, -0.25) is 19.5 Å². The lowest BCUT2D eigenvalue weighted by Crippen LogP contribution is -2.37. The normalized spacial score (nSPS) is 24.3. The molecule has 2 aromatic rings. The van der Waals surface area contributed by atoms with Gasteiger partial charge in [-0.2, -0.15) is 0 Å². The lowest BCUT2D eigenvalue weighted by Gasteiger charge is -2.29. The van der Waals surface area contributed by atoms with Crippen molar-refractivity contribution in [3.05, 3.63) is 57.8 Å². The summed E-state index contributed by atoms with van der Waals surface area (Å²) in [6, 6.07) is 6.08. The highest BCUT2D eigenvalue weighted by Gasteiger charge is 2.49. The number of nitrogens with one attached hydrogen (secondary N) is 2. The predicted octanol–water partition coefficient (Wildman–Crippen LogP) is 1.06. The highest BCUT2D eigenvalue weighted by Crippen LogP contribution is 2.45. The van der Waals surface area contributed by atoms with Crippen LogP contribution in [-0.2, 0) is 16.0 Å². The van der Waals surface area contributed by atoms with Gasteiger partial charge >= 0.3 is 0 Å². The van der Waals surface area contributed by atoms with E-state index in [1.165, 1.54) is 25.3 Å². The first-order valence-electron chi connectivity index (χ1n) is 8.99. The SMILES string of the molecule is CC(=O)N1C[C@H]2CN(C(=O)Cc3c[nH][nH]c3=O)C[C@H]2[C@@H]1c1cccc(F)c1. The molecule has 0 aliphatic carbocycles. The smallest absolute Gasteiger partial charge is 0.267 e. The molecule has 0 saturated carbocycles. The van der Waals surface area contributed by atoms with Crippen LogP contribution in [0.1, 0.15) is 24.1 Å². The van der Waals surface area contributed by atoms with E-state index >= 15 is 0 Å². The molecule has 142 valence electrons. The molecule has 2 fully saturated rings. The van der Waals surface area contributed by atoms with Gasteiger partial charge in [0.05, 0.1) is 12.5 Å². The number of aromatic nitrogens is 2. The van der Waals surface area contributed by atoms with Crippen LogP contribution < -0.4 is 5.56 Å². The van der Waals surface area contributed by atoms with Crippen LogP contribution in [0.2, 0.25) is 0 Å². The van der Waals surface area contributed by atoms with Gasteiger partial charge in [-0.15, -0.1) is 0 Å². The molecule has 0 radical (unpaired) electrons. The molecule has 2 N–H and O–H groups in total. The molecule has 27 heavy (non-hydrogen) atoms. The fourth-order valence-electron chi connectivity index (χ4n) is 4.43. The summed E-state index contributed by atoms with van der Waals surface area (Å²) in [5.41, 5.74) is 0.876. The second-order valence-corrected chi connectivity index (χ2v) is 7.34. The van der Waals surface area contributed by atoms with E-state index in [1.807, 2.05) is 6.07 Å². The van der Waals surface area contributed by atoms with Crippen LogP contribution in [0.15, 0.2) is 35.3 Å². The molecule has 8 heteroatoms. The molecule has 2 saturated heterocycles. The number of hydrogen-bond donors (Lipinski definition) is 2. The van der Waals surface area contributed by atoms with E-state index in [-0.39, 0.29) is 47.5 Å². The number of carbonyl (C=O) groups is 2. The summed E-state index contributed by atoms with van der Waals surface area (Å²) in [6.45, 7) is 3.11. The summed E-state index contributed by atoms with van der Waals surface area (Å²) >= 11 is 0. The standard InChI is InChI=1S/C19H21FN4O3/c1-11(25)24-9-14-8-23(17(26)6-13-7-21-22-19(13)27)10-16(14)18(24)12-3-2-4-15(20)5-12/h2-5,7,14,16,18H,6,8-10H2,1H3,(H2,21,22,27)/t14-,16-,18+/m1/s1. The molecule has 3 heterocycles. The van der Waals surface area contributed by atoms with Gasteiger partial charge in [0.15, 0.2) is 0 Å². The third-order valence-corrected chi connectivity index (χ3v) is 5.68. The lowest BCUT2D eigenvalue weighted by atomic mass is 9.89. The van der Waals surface area contributed by atoms with Crippen molar-refractivity contribution in [2.75, 3.05) is 19.6 Å². The predicted molar refractivity (Wildman–Crippen MR) is 95.2 cm³/mol. The zero-order valence-electron chi connectivity index (χ0n) is 14.9. The minimum absolute atomic E-state index is 0.0410. The maximum Gasteiger partial charge on any atom is 0.267 e. The van der Waals surface area contributed by atoms with Gasteiger partial charge in [-0.25, -0.2) is 4.39 Å². The Morgan fingerprint density at radius 3 is 2.74 bits per heavy atom. The summed E-state index contributed by atoms with van der Waals surface area (Å²) in [4.78, 5) is 39.9. The van der Waals surface area contributed by atoms with Crippen molar-refractivity contribution < 1.29 is 14.0 Å². The first-order valence-corrected chi connectivity index (χ1v) is 8.99. The van der Waals surface area contributed by atoms with Crippen LogP contribution in [0, 0.1) is 17.7 Å². The molecule has 0 bridgehead atoms. The number of hydrogen-bond acceptors (Lipinski definition) is 3. The van der Waals surface area contributed by atoms with Crippen LogP contribution in [0.5, 0.6) is 0 Å². The molecule has 1 aromatic heterocycles. The maximum atomic E-state index is 13.7. The number of likely N-dealkylation sites (tertiary alicyclic amines) is 2. The van der Waals surface area contributed by atoms with E-state index in [0.29, 0.717) is 25.2 Å². The molecule has 2 amide bonds. The summed E-state index contributed by atoms with van der Waals surface area (Å²) in [5.74, 6) is -0.283. The molecular weight excluding hydrogens is 351 g/mol. The number of benzene rings is 1. The molecule has 4 rings (SSSR count). The maximum absolute atomic E-state index is 13.7. The number of aromatic amines is 2. The average Bonchev–Trinajstić information content (AvgIpc) is 3.29. The largest absolute Gasteiger partial charge is 0.342 e. The second-order valence-electron chi connectivity index (χ2n) is 7.34. The molecule has 0 unspecified atom stereocenters. The van der Waals surface area contributed by atoms with Crippen LogP contribution >= 0.6 is 0 Å². The van der Waals surface area contributed by atoms with Crippen LogP contribution in [0.3, 0.4) is 0 Å². The summed E-state index contributed by atoms with van der Waals surface area (Å²) in [7, 11) is 0. The minimum atomic E-state index is -0.336. The fraction of sp³-hybridized carbons (Fsp3) is 0.421. The van der Waals surface area contributed by atoms with E-state index < -0.39 is 0 Å². The highest BCUT2D eigenvalue weighted by atomic mass is 19.1. The first-order chi connectivity index (χ1) is 12.9. The van der Waals surface area contributed by atoms with Crippen molar-refractivity contribution >= 4 is 11.8 Å². The topological polar surface area (TPSA) is 89.3 Å². The van der Waals surface area contributed by atoms with Gasteiger partial charge in [-0.1, -0.05) is 12.1 Å². The molecule has 1 aromatic carbocycles. The summed E-state index contributed by atoms with van der Waals surface area (Å²) < 4.78 is 13.7. The fourth-order valence-corrected chi connectivity index (χ4v) is 4.43. The Morgan fingerprint density at radius 2 is 2.07 bits per heavy atom. The minimum Gasteiger partial charge on any atom is -0.342 e. The number of H-pyrrole nitrogens is 2. The molecule has 3 atom stereocenters. The Hall–Kier alpha value is -2.90. The van der Waals surface area contributed by atoms with Gasteiger partial charge in [0.25, 0.3) is 5.56 Å². The van der Waals surface area contributed by atoms with Gasteiger partial charge in [0.1, 0.15) is 5.82 Å². The van der Waals surface area contributed by atoms with Gasteiger partial charge in [0.2, 0.25) is 11.8 Å². The van der Waals surface area contributed by atoms with E-state index in [0.717, 1.165) is 5.56 Å². The lowest BCUT2D eigenvalue weighted by molar-refractivity contribution is -0.131. The zero-order chi connectivity index (χ0) is 19.1. The molecule has 0 spiro atoms. The van der Waals surface area contributed by atoms with Crippen molar-refractivity contribution in [2.45, 2.75) is 19.4 Å². The van der Waals surface area contributed by atoms with E-state index in [9.17, 15) is 18.8 Å². The van der Waals surface area contributed by atoms with Crippen molar-refractivity contribution in [3.63, 3.8) is 0 Å². The number of nitrogens with zero attached hydrogens (tertiary/aromatic N) is 2. The van der Waals surface area contributed by atoms with Crippen LogP contribution in [0.4, 0.5) is 4.39 Å². The number of carbonyl (C=O) groups excluding carboxylic acids is 2. The van der Waals surface area contributed by atoms with E-state index in [2.05, 4.69) is 10.2 Å². The third-order valence-electron chi connectivity index (χ3n) is 5.68. The van der Waals surface area contributed by atoms with Gasteiger partial charge in [-0.05, 0) is 17.7 Å². The number of amides is 2. The van der Waals surface area contributed by atoms with Crippen LogP contribution in [0.25, 0.3) is 0 Å². The number of rotatable bonds is 3. The zero-order valence-corrected chi connectivity index (χ0v) is 14.9. The van der Waals surface area contributed by atoms with Crippen molar-refractivity contribution in [1.29, 1.82) is 0 Å². The van der Waals surface area contributed by atoms with Crippen molar-refractivity contribution in [2.24, 2.45) is 11.8 Å². The molecule has 7 nitrogen and oxygen atoms in total. The Labute approximate surface area is 155 Å². The first kappa shape index (κ1) is 17.5. The highest BCUT2D eigenvalue weighted by molar-refractivity contribution is 5.79. The van der Waals surface area contributed by atoms with Crippen LogP contribution in [-0.4, -0.2) is 51.4 Å². The number of fused-ring (bicyclic) bond motifs is 1. The van der Waals surface area contributed by atoms with Crippen molar-refractivity contribution in [1.82, 2.24) is 20.0 Å². The van der Waals surface area contributed by atoms with Gasteiger partial charge < -0.3 is 14.9 Å². The van der Waals surface area contributed by atoms with E-state index in [4.69, 9.17) is 0 Å². The Balaban J connectivity index is 1.55. The second kappa shape index (κ2) is 6.68. The quantitative estimate of drug-likeness (QED) is 0.844. The Bertz CT molecular complexity index is 937. The molecule has 2 aliphatic rings. The molecular formula is C19H21FN4O3. The molecule has 2 aliphatic heterocycles. The summed E-state index contributed by atoms with van der Waals surface area (Å²) in [5, 5.41) is 5.02. The average molecular weight is 372 g/mol. The van der Waals surface area contributed by atoms with Gasteiger partial charge in [0, 0.05) is 50.2 Å².